The number of anilines is 1. The molecule has 4 rings (SSSR count). The summed E-state index contributed by atoms with van der Waals surface area (Å²) in [5, 5.41) is 11.4. The lowest BCUT2D eigenvalue weighted by molar-refractivity contribution is 0.0602. The van der Waals surface area contributed by atoms with Crippen molar-refractivity contribution < 1.29 is 9.53 Å². The Labute approximate surface area is 149 Å². The van der Waals surface area contributed by atoms with Crippen LogP contribution in [0.5, 0.6) is 0 Å². The Hall–Kier alpha value is -2.97. The van der Waals surface area contributed by atoms with Gasteiger partial charge < -0.3 is 15.5 Å². The predicted molar refractivity (Wildman–Crippen MR) is 96.6 cm³/mol. The van der Waals surface area contributed by atoms with Crippen LogP contribution in [-0.2, 0) is 17.6 Å². The van der Waals surface area contributed by atoms with E-state index in [1.165, 1.54) is 7.11 Å². The molecule has 2 aromatic carbocycles. The Morgan fingerprint density at radius 1 is 1.36 bits per heavy atom. The SMILES string of the molecule is COC(=O)c1cc2c(c(C#N)c1N)-c1[nH]c3ccc(Cl)cc3c1CC2. The molecule has 0 radical (unpaired) electrons. The molecule has 0 aliphatic heterocycles. The number of ether oxygens (including phenoxy) is 1. The third-order valence-electron chi connectivity index (χ3n) is 4.73. The molecule has 6 heteroatoms. The van der Waals surface area contributed by atoms with Crippen LogP contribution in [0.4, 0.5) is 5.69 Å². The average molecular weight is 352 g/mol. The van der Waals surface area contributed by atoms with E-state index in [2.05, 4.69) is 11.1 Å². The summed E-state index contributed by atoms with van der Waals surface area (Å²) in [5.74, 6) is -0.536. The van der Waals surface area contributed by atoms with Gasteiger partial charge in [-0.05, 0) is 48.2 Å². The summed E-state index contributed by atoms with van der Waals surface area (Å²) in [7, 11) is 1.30. The molecule has 3 N–H and O–H groups in total. The number of nitrogen functional groups attached to an aromatic ring is 1. The third kappa shape index (κ3) is 2.19. The van der Waals surface area contributed by atoms with E-state index in [-0.39, 0.29) is 11.3 Å². The van der Waals surface area contributed by atoms with E-state index in [1.54, 1.807) is 6.07 Å². The number of aromatic amines is 1. The van der Waals surface area contributed by atoms with Crippen molar-refractivity contribution in [2.24, 2.45) is 0 Å². The van der Waals surface area contributed by atoms with Gasteiger partial charge in [0.25, 0.3) is 0 Å². The molecule has 1 heterocycles. The topological polar surface area (TPSA) is 91.9 Å². The Balaban J connectivity index is 2.05. The summed E-state index contributed by atoms with van der Waals surface area (Å²) < 4.78 is 4.79. The number of aryl methyl sites for hydroxylation is 2. The summed E-state index contributed by atoms with van der Waals surface area (Å²) in [6.45, 7) is 0. The van der Waals surface area contributed by atoms with Crippen molar-refractivity contribution >= 4 is 34.2 Å². The third-order valence-corrected chi connectivity index (χ3v) is 4.96. The molecule has 1 aliphatic rings. The van der Waals surface area contributed by atoms with Crippen molar-refractivity contribution in [2.75, 3.05) is 12.8 Å². The van der Waals surface area contributed by atoms with Crippen LogP contribution in [0.1, 0.15) is 27.0 Å². The van der Waals surface area contributed by atoms with E-state index in [0.717, 1.165) is 39.7 Å². The molecule has 1 aromatic heterocycles. The minimum absolute atomic E-state index is 0.151. The number of carbonyl (C=O) groups is 1. The van der Waals surface area contributed by atoms with E-state index in [1.807, 2.05) is 18.2 Å². The van der Waals surface area contributed by atoms with Gasteiger partial charge in [-0.2, -0.15) is 5.26 Å². The molecule has 0 saturated heterocycles. The van der Waals surface area contributed by atoms with Crippen LogP contribution < -0.4 is 5.73 Å². The van der Waals surface area contributed by atoms with Crippen LogP contribution in [0.2, 0.25) is 5.02 Å². The van der Waals surface area contributed by atoms with Gasteiger partial charge in [0.05, 0.1) is 29.6 Å². The molecule has 0 bridgehead atoms. The molecule has 3 aromatic rings. The second-order valence-corrected chi connectivity index (χ2v) is 6.46. The van der Waals surface area contributed by atoms with Crippen molar-refractivity contribution in [3.05, 3.63) is 51.5 Å². The number of rotatable bonds is 1. The Morgan fingerprint density at radius 3 is 2.88 bits per heavy atom. The number of halogens is 1. The molecular formula is C19H14ClN3O2. The first-order valence-electron chi connectivity index (χ1n) is 7.79. The Morgan fingerprint density at radius 2 is 2.16 bits per heavy atom. The average Bonchev–Trinajstić information content (AvgIpc) is 2.98. The van der Waals surface area contributed by atoms with Gasteiger partial charge in [0.2, 0.25) is 0 Å². The number of aromatic nitrogens is 1. The number of hydrogen-bond acceptors (Lipinski definition) is 4. The summed E-state index contributed by atoms with van der Waals surface area (Å²) in [4.78, 5) is 15.4. The lowest BCUT2D eigenvalue weighted by atomic mass is 9.84. The van der Waals surface area contributed by atoms with Gasteiger partial charge in [0, 0.05) is 21.5 Å². The number of nitrogens with zero attached hydrogens (tertiary/aromatic N) is 1. The molecule has 0 amide bonds. The van der Waals surface area contributed by atoms with E-state index in [4.69, 9.17) is 22.1 Å². The summed E-state index contributed by atoms with van der Waals surface area (Å²) in [6, 6.07) is 9.57. The molecule has 124 valence electrons. The summed E-state index contributed by atoms with van der Waals surface area (Å²) in [5.41, 5.74) is 11.4. The second-order valence-electron chi connectivity index (χ2n) is 6.02. The smallest absolute Gasteiger partial charge is 0.340 e. The first-order chi connectivity index (χ1) is 12.0. The molecular weight excluding hydrogens is 338 g/mol. The van der Waals surface area contributed by atoms with Crippen molar-refractivity contribution in [3.63, 3.8) is 0 Å². The van der Waals surface area contributed by atoms with Gasteiger partial charge in [0.15, 0.2) is 0 Å². The van der Waals surface area contributed by atoms with Crippen LogP contribution in [0.15, 0.2) is 24.3 Å². The molecule has 0 unspecified atom stereocenters. The number of fused-ring (bicyclic) bond motifs is 5. The zero-order valence-electron chi connectivity index (χ0n) is 13.4. The zero-order chi connectivity index (χ0) is 17.7. The van der Waals surface area contributed by atoms with Crippen molar-refractivity contribution in [1.29, 1.82) is 5.26 Å². The van der Waals surface area contributed by atoms with Crippen molar-refractivity contribution in [3.8, 4) is 17.3 Å². The fraction of sp³-hybridized carbons (Fsp3) is 0.158. The number of nitriles is 1. The van der Waals surface area contributed by atoms with Gasteiger partial charge in [-0.15, -0.1) is 0 Å². The molecule has 1 aliphatic carbocycles. The number of nitrogens with two attached hydrogens (primary N) is 1. The largest absolute Gasteiger partial charge is 0.465 e. The van der Waals surface area contributed by atoms with E-state index in [0.29, 0.717) is 17.0 Å². The Bertz CT molecular complexity index is 1090. The van der Waals surface area contributed by atoms with Gasteiger partial charge in [0.1, 0.15) is 6.07 Å². The lowest BCUT2D eigenvalue weighted by Gasteiger charge is -2.20. The highest BCUT2D eigenvalue weighted by atomic mass is 35.5. The van der Waals surface area contributed by atoms with E-state index < -0.39 is 5.97 Å². The number of nitrogens with one attached hydrogen (secondary N) is 1. The minimum atomic E-state index is -0.536. The fourth-order valence-corrected chi connectivity index (χ4v) is 3.76. The monoisotopic (exact) mass is 351 g/mol. The van der Waals surface area contributed by atoms with Crippen LogP contribution in [0.3, 0.4) is 0 Å². The van der Waals surface area contributed by atoms with Crippen molar-refractivity contribution in [2.45, 2.75) is 12.8 Å². The maximum Gasteiger partial charge on any atom is 0.340 e. The number of carbonyl (C=O) groups excluding carboxylic acids is 1. The predicted octanol–water partition coefficient (Wildman–Crippen LogP) is 3.83. The Kier molecular flexibility index (Phi) is 3.45. The quantitative estimate of drug-likeness (QED) is 0.515. The molecule has 0 saturated carbocycles. The summed E-state index contributed by atoms with van der Waals surface area (Å²) >= 11 is 6.14. The van der Waals surface area contributed by atoms with Gasteiger partial charge in [-0.25, -0.2) is 4.79 Å². The number of benzene rings is 2. The van der Waals surface area contributed by atoms with Gasteiger partial charge in [-0.3, -0.25) is 0 Å². The maximum atomic E-state index is 12.0. The van der Waals surface area contributed by atoms with Crippen LogP contribution in [0.25, 0.3) is 22.2 Å². The summed E-state index contributed by atoms with van der Waals surface area (Å²) in [6.07, 6.45) is 1.50. The zero-order valence-corrected chi connectivity index (χ0v) is 14.2. The van der Waals surface area contributed by atoms with Crippen LogP contribution in [-0.4, -0.2) is 18.1 Å². The highest BCUT2D eigenvalue weighted by Gasteiger charge is 2.28. The normalized spacial score (nSPS) is 12.4. The second kappa shape index (κ2) is 5.54. The van der Waals surface area contributed by atoms with Crippen molar-refractivity contribution in [1.82, 2.24) is 4.98 Å². The van der Waals surface area contributed by atoms with Gasteiger partial charge in [-0.1, -0.05) is 11.6 Å². The lowest BCUT2D eigenvalue weighted by Crippen LogP contribution is -2.13. The molecule has 0 fully saturated rings. The first kappa shape index (κ1) is 15.6. The standard InChI is InChI=1S/C19H14ClN3O2/c1-25-19(24)13-6-9-2-4-11-12-7-10(20)3-5-15(12)23-18(11)16(9)14(8-21)17(13)22/h3,5-7,23H,2,4,22H2,1H3. The molecule has 5 nitrogen and oxygen atoms in total. The number of H-pyrrole nitrogens is 1. The van der Waals surface area contributed by atoms with Crippen LogP contribution >= 0.6 is 11.6 Å². The fourth-order valence-electron chi connectivity index (χ4n) is 3.58. The van der Waals surface area contributed by atoms with Gasteiger partial charge >= 0.3 is 5.97 Å². The maximum absolute atomic E-state index is 12.0. The van der Waals surface area contributed by atoms with E-state index in [9.17, 15) is 10.1 Å². The highest BCUT2D eigenvalue weighted by Crippen LogP contribution is 2.42. The molecule has 0 spiro atoms. The number of methoxy groups -OCH3 is 1. The first-order valence-corrected chi connectivity index (χ1v) is 8.17. The number of hydrogen-bond donors (Lipinski definition) is 2. The van der Waals surface area contributed by atoms with E-state index >= 15 is 0 Å². The van der Waals surface area contributed by atoms with Crippen LogP contribution in [0, 0.1) is 11.3 Å². The minimum Gasteiger partial charge on any atom is -0.465 e. The highest BCUT2D eigenvalue weighted by molar-refractivity contribution is 6.31. The molecule has 25 heavy (non-hydrogen) atoms. The number of esters is 1. The molecule has 0 atom stereocenters.